The number of carboxylic acid groups (broad SMARTS) is 1. The molecule has 10 heteroatoms. The largest absolute Gasteiger partial charge is 1.00 e. The number of hydrogen-bond acceptors (Lipinski definition) is 7. The van der Waals surface area contributed by atoms with Crippen LogP contribution in [-0.4, -0.2) is 41.3 Å². The van der Waals surface area contributed by atoms with E-state index in [0.29, 0.717) is 10.6 Å². The molecule has 7 nitrogen and oxygen atoms in total. The molecule has 1 saturated heterocycles. The zero-order valence-electron chi connectivity index (χ0n) is 15.3. The standard InChI is InChI=1S/C19H14N2O5S2.Na/c22-17-14(10-12-6-4-5-9-20-12)18-21(17)16(19(23)24)15(11-28(18,25)26)27-13-7-2-1-3-8-13;/h1-10,18H,11H2,(H,23,24);/q;+1/p-1/b14-10+;/t18-;/m1./s1. The zero-order chi connectivity index (χ0) is 19.9. The van der Waals surface area contributed by atoms with Crippen molar-refractivity contribution in [3.05, 3.63) is 76.6 Å². The zero-order valence-corrected chi connectivity index (χ0v) is 18.9. The predicted molar refractivity (Wildman–Crippen MR) is 101 cm³/mol. The van der Waals surface area contributed by atoms with Gasteiger partial charge in [-0.3, -0.25) is 14.7 Å². The molecule has 29 heavy (non-hydrogen) atoms. The molecule has 0 N–H and O–H groups in total. The summed E-state index contributed by atoms with van der Waals surface area (Å²) < 4.78 is 25.7. The molecule has 0 bridgehead atoms. The maximum Gasteiger partial charge on any atom is 1.00 e. The van der Waals surface area contributed by atoms with Gasteiger partial charge in [0, 0.05) is 16.0 Å². The Morgan fingerprint density at radius 3 is 2.48 bits per heavy atom. The smallest absolute Gasteiger partial charge is 0.543 e. The van der Waals surface area contributed by atoms with Gasteiger partial charge in [0.1, 0.15) is 0 Å². The Labute approximate surface area is 193 Å². The van der Waals surface area contributed by atoms with Crippen molar-refractivity contribution >= 4 is 39.6 Å². The Balaban J connectivity index is 0.00000240. The monoisotopic (exact) mass is 436 g/mol. The Hall–Kier alpha value is -1.91. The van der Waals surface area contributed by atoms with Crippen LogP contribution in [0, 0.1) is 0 Å². The number of carbonyl (C=O) groups excluding carboxylic acids is 2. The van der Waals surface area contributed by atoms with Crippen LogP contribution < -0.4 is 34.7 Å². The number of hydrogen-bond donors (Lipinski definition) is 0. The van der Waals surface area contributed by atoms with Gasteiger partial charge in [0.2, 0.25) is 0 Å². The number of pyridine rings is 1. The van der Waals surface area contributed by atoms with Crippen molar-refractivity contribution in [2.45, 2.75) is 10.3 Å². The van der Waals surface area contributed by atoms with Gasteiger partial charge < -0.3 is 9.90 Å². The average Bonchev–Trinajstić information content (AvgIpc) is 2.66. The number of rotatable bonds is 4. The number of amides is 1. The minimum Gasteiger partial charge on any atom is -0.543 e. The topological polar surface area (TPSA) is 107 Å². The summed E-state index contributed by atoms with van der Waals surface area (Å²) in [5.74, 6) is -2.74. The molecule has 4 rings (SSSR count). The third kappa shape index (κ3) is 4.06. The van der Waals surface area contributed by atoms with Crippen molar-refractivity contribution in [3.8, 4) is 0 Å². The quantitative estimate of drug-likeness (QED) is 0.305. The van der Waals surface area contributed by atoms with Crippen LogP contribution in [0.2, 0.25) is 0 Å². The number of aromatic nitrogens is 1. The summed E-state index contributed by atoms with van der Waals surface area (Å²) in [4.78, 5) is 30.0. The first-order chi connectivity index (χ1) is 13.4. The Morgan fingerprint density at radius 2 is 1.86 bits per heavy atom. The molecule has 1 fully saturated rings. The number of aliphatic carboxylic acids is 1. The van der Waals surface area contributed by atoms with Crippen molar-refractivity contribution in [1.29, 1.82) is 0 Å². The Bertz CT molecular complexity index is 1130. The molecule has 0 aliphatic carbocycles. The second-order valence-corrected chi connectivity index (χ2v) is 9.39. The number of carboxylic acids is 1. The number of nitrogens with zero attached hydrogens (tertiary/aromatic N) is 2. The van der Waals surface area contributed by atoms with Crippen LogP contribution >= 0.6 is 11.8 Å². The molecule has 1 aromatic heterocycles. The van der Waals surface area contributed by atoms with Crippen LogP contribution in [0.4, 0.5) is 0 Å². The van der Waals surface area contributed by atoms with Gasteiger partial charge in [0.15, 0.2) is 15.2 Å². The second-order valence-electron chi connectivity index (χ2n) is 6.16. The van der Waals surface area contributed by atoms with Crippen molar-refractivity contribution in [2.24, 2.45) is 0 Å². The summed E-state index contributed by atoms with van der Waals surface area (Å²) in [6.45, 7) is 0. The molecule has 2 aliphatic heterocycles. The fraction of sp³-hybridized carbons (Fsp3) is 0.105. The van der Waals surface area contributed by atoms with E-state index >= 15 is 0 Å². The molecule has 142 valence electrons. The molecule has 0 unspecified atom stereocenters. The molecule has 3 heterocycles. The molecule has 0 spiro atoms. The van der Waals surface area contributed by atoms with Crippen molar-refractivity contribution < 1.29 is 52.7 Å². The molecule has 2 aliphatic rings. The third-order valence-electron chi connectivity index (χ3n) is 4.31. The normalized spacial score (nSPS) is 21.2. The fourth-order valence-corrected chi connectivity index (χ4v) is 6.46. The summed E-state index contributed by atoms with van der Waals surface area (Å²) in [6, 6.07) is 13.8. The van der Waals surface area contributed by atoms with E-state index in [0.717, 1.165) is 16.7 Å². The molecular weight excluding hydrogens is 423 g/mol. The van der Waals surface area contributed by atoms with E-state index in [1.165, 1.54) is 12.3 Å². The van der Waals surface area contributed by atoms with Crippen LogP contribution in [0.3, 0.4) is 0 Å². The van der Waals surface area contributed by atoms with E-state index in [1.54, 1.807) is 48.5 Å². The fourth-order valence-electron chi connectivity index (χ4n) is 3.14. The van der Waals surface area contributed by atoms with Gasteiger partial charge >= 0.3 is 29.6 Å². The molecule has 2 aromatic rings. The molecule has 0 radical (unpaired) electrons. The maximum absolute atomic E-state index is 12.8. The third-order valence-corrected chi connectivity index (χ3v) is 7.42. The summed E-state index contributed by atoms with van der Waals surface area (Å²) in [5, 5.41) is 10.4. The van der Waals surface area contributed by atoms with E-state index < -0.39 is 38.5 Å². The number of sulfone groups is 1. The first-order valence-corrected chi connectivity index (χ1v) is 10.8. The summed E-state index contributed by atoms with van der Waals surface area (Å²) in [6.07, 6.45) is 2.90. The van der Waals surface area contributed by atoms with Gasteiger partial charge in [0.05, 0.1) is 28.7 Å². The number of β-lactam (4-membered cyclic amide) rings is 1. The van der Waals surface area contributed by atoms with E-state index in [-0.39, 0.29) is 40.0 Å². The van der Waals surface area contributed by atoms with Crippen molar-refractivity contribution in [2.75, 3.05) is 5.75 Å². The molecular formula is C19H13N2NaO5S2. The van der Waals surface area contributed by atoms with E-state index in [2.05, 4.69) is 4.98 Å². The molecule has 1 aromatic carbocycles. The van der Waals surface area contributed by atoms with E-state index in [1.807, 2.05) is 0 Å². The molecule has 0 saturated carbocycles. The Kier molecular flexibility index (Phi) is 6.35. The number of thioether (sulfide) groups is 1. The molecule has 1 amide bonds. The number of carbonyl (C=O) groups is 2. The minimum atomic E-state index is -3.82. The Morgan fingerprint density at radius 1 is 1.17 bits per heavy atom. The van der Waals surface area contributed by atoms with Gasteiger partial charge in [0.25, 0.3) is 5.91 Å². The average molecular weight is 436 g/mol. The SMILES string of the molecule is O=C([O-])C1=C(Sc2ccccc2)CS(=O)(=O)[C@@H]2/C(=C/c3ccccn3)C(=O)N12.[Na+]. The van der Waals surface area contributed by atoms with Gasteiger partial charge in [-0.25, -0.2) is 8.42 Å². The van der Waals surface area contributed by atoms with Gasteiger partial charge in [-0.1, -0.05) is 36.0 Å². The molecule has 1 atom stereocenters. The number of fused-ring (bicyclic) bond motifs is 1. The van der Waals surface area contributed by atoms with Crippen molar-refractivity contribution in [1.82, 2.24) is 9.88 Å². The van der Waals surface area contributed by atoms with E-state index in [4.69, 9.17) is 0 Å². The van der Waals surface area contributed by atoms with Gasteiger partial charge in [-0.05, 0) is 30.3 Å². The maximum atomic E-state index is 12.8. The minimum absolute atomic E-state index is 0. The van der Waals surface area contributed by atoms with Crippen LogP contribution in [0.1, 0.15) is 5.69 Å². The van der Waals surface area contributed by atoms with Gasteiger partial charge in [-0.15, -0.1) is 0 Å². The second kappa shape index (κ2) is 8.45. The van der Waals surface area contributed by atoms with Crippen LogP contribution in [0.25, 0.3) is 6.08 Å². The van der Waals surface area contributed by atoms with Crippen LogP contribution in [0.15, 0.2) is 75.8 Å². The summed E-state index contributed by atoms with van der Waals surface area (Å²) >= 11 is 1.00. The van der Waals surface area contributed by atoms with Gasteiger partial charge in [-0.2, -0.15) is 0 Å². The van der Waals surface area contributed by atoms with Crippen LogP contribution in [0.5, 0.6) is 0 Å². The summed E-state index contributed by atoms with van der Waals surface area (Å²) in [5.41, 5.74) is 0.0298. The predicted octanol–water partition coefficient (Wildman–Crippen LogP) is -2.18. The van der Waals surface area contributed by atoms with Crippen LogP contribution in [-0.2, 0) is 19.4 Å². The first kappa shape index (κ1) is 21.8. The van der Waals surface area contributed by atoms with Crippen molar-refractivity contribution in [3.63, 3.8) is 0 Å². The summed E-state index contributed by atoms with van der Waals surface area (Å²) in [7, 11) is -3.82. The first-order valence-electron chi connectivity index (χ1n) is 8.23. The van der Waals surface area contributed by atoms with E-state index in [9.17, 15) is 23.1 Å². The number of benzene rings is 1.